The lowest BCUT2D eigenvalue weighted by molar-refractivity contribution is -0.124. The smallest absolute Gasteiger partial charge is 0.224 e. The van der Waals surface area contributed by atoms with E-state index in [4.69, 9.17) is 16.3 Å². The van der Waals surface area contributed by atoms with Crippen LogP contribution in [-0.4, -0.2) is 31.6 Å². The van der Waals surface area contributed by atoms with Gasteiger partial charge in [0.15, 0.2) is 0 Å². The van der Waals surface area contributed by atoms with E-state index in [-0.39, 0.29) is 30.3 Å². The molecule has 1 saturated heterocycles. The molecule has 1 aromatic carbocycles. The molecular formula is C14H20Cl2N2O2. The van der Waals surface area contributed by atoms with Crippen molar-refractivity contribution in [3.8, 4) is 5.75 Å². The van der Waals surface area contributed by atoms with Crippen LogP contribution in [0.25, 0.3) is 0 Å². The van der Waals surface area contributed by atoms with Crippen molar-refractivity contribution >= 4 is 29.9 Å². The Labute approximate surface area is 130 Å². The van der Waals surface area contributed by atoms with Crippen LogP contribution in [0.5, 0.6) is 5.75 Å². The number of hydrogen-bond donors (Lipinski definition) is 2. The lowest BCUT2D eigenvalue weighted by Gasteiger charge is -2.17. The van der Waals surface area contributed by atoms with Gasteiger partial charge in [0.25, 0.3) is 0 Å². The first-order valence-corrected chi connectivity index (χ1v) is 6.93. The predicted octanol–water partition coefficient (Wildman–Crippen LogP) is 2.25. The van der Waals surface area contributed by atoms with Crippen molar-refractivity contribution in [1.29, 1.82) is 0 Å². The highest BCUT2D eigenvalue weighted by atomic mass is 35.5. The first-order valence-electron chi connectivity index (χ1n) is 6.56. The molecule has 6 heteroatoms. The van der Waals surface area contributed by atoms with Crippen LogP contribution >= 0.6 is 24.0 Å². The van der Waals surface area contributed by atoms with E-state index in [9.17, 15) is 4.79 Å². The molecule has 20 heavy (non-hydrogen) atoms. The molecule has 112 valence electrons. The fraction of sp³-hybridized carbons (Fsp3) is 0.500. The van der Waals surface area contributed by atoms with Crippen LogP contribution in [0.3, 0.4) is 0 Å². The van der Waals surface area contributed by atoms with E-state index in [0.29, 0.717) is 11.6 Å². The summed E-state index contributed by atoms with van der Waals surface area (Å²) in [4.78, 5) is 11.8. The third-order valence-electron chi connectivity index (χ3n) is 3.15. The Bertz CT molecular complexity index is 420. The summed E-state index contributed by atoms with van der Waals surface area (Å²) >= 11 is 5.81. The van der Waals surface area contributed by atoms with Crippen LogP contribution in [0.1, 0.15) is 13.3 Å². The molecule has 2 rings (SSSR count). The summed E-state index contributed by atoms with van der Waals surface area (Å²) in [6, 6.07) is 7.21. The molecule has 0 spiro atoms. The second-order valence-electron chi connectivity index (χ2n) is 4.82. The molecule has 1 aliphatic heterocycles. The van der Waals surface area contributed by atoms with Gasteiger partial charge in [-0.05, 0) is 44.2 Å². The van der Waals surface area contributed by atoms with Crippen LogP contribution in [0, 0.1) is 5.92 Å². The van der Waals surface area contributed by atoms with E-state index in [0.717, 1.165) is 25.3 Å². The third kappa shape index (κ3) is 5.19. The molecule has 4 nitrogen and oxygen atoms in total. The molecule has 1 aliphatic rings. The maximum Gasteiger partial charge on any atom is 0.224 e. The number of ether oxygens (including phenoxy) is 1. The lowest BCUT2D eigenvalue weighted by Crippen LogP contribution is -2.38. The highest BCUT2D eigenvalue weighted by molar-refractivity contribution is 6.30. The Hall–Kier alpha value is -0.970. The summed E-state index contributed by atoms with van der Waals surface area (Å²) in [7, 11) is 0. The van der Waals surface area contributed by atoms with Gasteiger partial charge in [-0.3, -0.25) is 4.79 Å². The number of rotatable bonds is 5. The molecule has 0 saturated carbocycles. The first-order chi connectivity index (χ1) is 9.15. The molecule has 1 amide bonds. The average Bonchev–Trinajstić information content (AvgIpc) is 2.93. The minimum absolute atomic E-state index is 0. The van der Waals surface area contributed by atoms with Gasteiger partial charge in [0.1, 0.15) is 11.9 Å². The zero-order chi connectivity index (χ0) is 13.7. The zero-order valence-electron chi connectivity index (χ0n) is 11.4. The van der Waals surface area contributed by atoms with E-state index in [2.05, 4.69) is 10.6 Å². The Kier molecular flexibility index (Phi) is 7.13. The van der Waals surface area contributed by atoms with E-state index in [1.54, 1.807) is 12.1 Å². The molecule has 1 heterocycles. The van der Waals surface area contributed by atoms with Crippen molar-refractivity contribution in [2.75, 3.05) is 19.6 Å². The van der Waals surface area contributed by atoms with Crippen molar-refractivity contribution in [1.82, 2.24) is 10.6 Å². The molecule has 0 aliphatic carbocycles. The maximum absolute atomic E-state index is 11.8. The molecule has 2 N–H and O–H groups in total. The predicted molar refractivity (Wildman–Crippen MR) is 82.8 cm³/mol. The number of carbonyl (C=O) groups is 1. The Balaban J connectivity index is 0.00000200. The van der Waals surface area contributed by atoms with E-state index in [1.807, 2.05) is 19.1 Å². The molecule has 0 aromatic heterocycles. The highest BCUT2D eigenvalue weighted by Gasteiger charge is 2.22. The average molecular weight is 319 g/mol. The number of amides is 1. The van der Waals surface area contributed by atoms with Gasteiger partial charge in [0.05, 0.1) is 12.5 Å². The largest absolute Gasteiger partial charge is 0.489 e. The highest BCUT2D eigenvalue weighted by Crippen LogP contribution is 2.16. The summed E-state index contributed by atoms with van der Waals surface area (Å²) in [6.07, 6.45) is 0.845. The minimum Gasteiger partial charge on any atom is -0.489 e. The van der Waals surface area contributed by atoms with Gasteiger partial charge in [-0.15, -0.1) is 12.4 Å². The summed E-state index contributed by atoms with van der Waals surface area (Å²) in [6.45, 7) is 4.15. The quantitative estimate of drug-likeness (QED) is 0.875. The fourth-order valence-corrected chi connectivity index (χ4v) is 2.18. The maximum atomic E-state index is 11.8. The molecule has 0 radical (unpaired) electrons. The number of benzene rings is 1. The van der Waals surface area contributed by atoms with Crippen molar-refractivity contribution in [3.05, 3.63) is 29.3 Å². The second kappa shape index (κ2) is 8.35. The van der Waals surface area contributed by atoms with Gasteiger partial charge < -0.3 is 15.4 Å². The Morgan fingerprint density at radius 3 is 2.80 bits per heavy atom. The Morgan fingerprint density at radius 2 is 2.20 bits per heavy atom. The number of halogens is 2. The molecule has 0 bridgehead atoms. The van der Waals surface area contributed by atoms with Crippen molar-refractivity contribution in [2.24, 2.45) is 5.92 Å². The van der Waals surface area contributed by atoms with Crippen LogP contribution in [0.4, 0.5) is 0 Å². The minimum atomic E-state index is -0.0699. The van der Waals surface area contributed by atoms with E-state index in [1.165, 1.54) is 0 Å². The van der Waals surface area contributed by atoms with Crippen LogP contribution < -0.4 is 15.4 Å². The topological polar surface area (TPSA) is 50.4 Å². The molecule has 1 fully saturated rings. The van der Waals surface area contributed by atoms with Crippen molar-refractivity contribution in [3.63, 3.8) is 0 Å². The molecule has 2 atom stereocenters. The van der Waals surface area contributed by atoms with Gasteiger partial charge in [-0.1, -0.05) is 11.6 Å². The third-order valence-corrected chi connectivity index (χ3v) is 3.40. The standard InChI is InChI=1S/C14H19ClN2O2.ClH/c1-10(19-13-4-2-12(15)3-5-13)8-17-14(18)11-6-7-16-9-11;/h2-5,10-11,16H,6-9H2,1H3,(H,17,18);1H. The monoisotopic (exact) mass is 318 g/mol. The Morgan fingerprint density at radius 1 is 1.50 bits per heavy atom. The van der Waals surface area contributed by atoms with Crippen molar-refractivity contribution in [2.45, 2.75) is 19.4 Å². The van der Waals surface area contributed by atoms with Gasteiger partial charge in [0, 0.05) is 11.6 Å². The lowest BCUT2D eigenvalue weighted by atomic mass is 10.1. The molecule has 1 aromatic rings. The van der Waals surface area contributed by atoms with Gasteiger partial charge in [-0.25, -0.2) is 0 Å². The van der Waals surface area contributed by atoms with Crippen molar-refractivity contribution < 1.29 is 9.53 Å². The van der Waals surface area contributed by atoms with Crippen LogP contribution in [0.2, 0.25) is 5.02 Å². The second-order valence-corrected chi connectivity index (χ2v) is 5.25. The van der Waals surface area contributed by atoms with Gasteiger partial charge >= 0.3 is 0 Å². The summed E-state index contributed by atoms with van der Waals surface area (Å²) < 4.78 is 5.69. The van der Waals surface area contributed by atoms with E-state index < -0.39 is 0 Å². The molecule has 2 unspecified atom stereocenters. The first kappa shape index (κ1) is 17.1. The molecular weight excluding hydrogens is 299 g/mol. The van der Waals surface area contributed by atoms with Gasteiger partial charge in [-0.2, -0.15) is 0 Å². The van der Waals surface area contributed by atoms with Crippen LogP contribution in [0.15, 0.2) is 24.3 Å². The number of hydrogen-bond acceptors (Lipinski definition) is 3. The van der Waals surface area contributed by atoms with Gasteiger partial charge in [0.2, 0.25) is 5.91 Å². The van der Waals surface area contributed by atoms with Crippen LogP contribution in [-0.2, 0) is 4.79 Å². The summed E-state index contributed by atoms with van der Waals surface area (Å²) in [5.41, 5.74) is 0. The normalized spacial score (nSPS) is 19.0. The summed E-state index contributed by atoms with van der Waals surface area (Å²) in [5.74, 6) is 0.966. The number of nitrogens with one attached hydrogen (secondary N) is 2. The van der Waals surface area contributed by atoms with E-state index >= 15 is 0 Å². The zero-order valence-corrected chi connectivity index (χ0v) is 13.0. The number of carbonyl (C=O) groups excluding carboxylic acids is 1. The fourth-order valence-electron chi connectivity index (χ4n) is 2.05. The summed E-state index contributed by atoms with van der Waals surface area (Å²) in [5, 5.41) is 6.79. The SMILES string of the molecule is CC(CNC(=O)C1CCNC1)Oc1ccc(Cl)cc1.Cl.